The van der Waals surface area contributed by atoms with Gasteiger partial charge in [0, 0.05) is 6.42 Å². The van der Waals surface area contributed by atoms with Gasteiger partial charge in [0.2, 0.25) is 5.91 Å². The minimum Gasteiger partial charge on any atom is -0.458 e. The van der Waals surface area contributed by atoms with E-state index in [-0.39, 0.29) is 24.9 Å². The van der Waals surface area contributed by atoms with Gasteiger partial charge in [-0.05, 0) is 83.1 Å². The number of esters is 1. The third-order valence-corrected chi connectivity index (χ3v) is 10.9. The minimum atomic E-state index is -0.826. The average Bonchev–Trinajstić information content (AvgIpc) is 3.26. The van der Waals surface area contributed by atoms with Crippen molar-refractivity contribution >= 4 is 11.9 Å². The largest absolute Gasteiger partial charge is 0.458 e. The molecule has 0 aromatic rings. The van der Waals surface area contributed by atoms with Crippen molar-refractivity contribution in [2.75, 3.05) is 6.61 Å². The second-order valence-electron chi connectivity index (χ2n) is 16.9. The predicted molar refractivity (Wildman–Crippen MR) is 268 cm³/mol. The SMILES string of the molecule is CC/C=C\C/C=C\C/C=C\C/C=C\C/C=C\C/C=C\C(CC(=O)NC(CO)C(O)CCCCCCCCCCCCC)OC(=O)CCCCCCCC/C=C/C=C/CCCCC. The summed E-state index contributed by atoms with van der Waals surface area (Å²) in [4.78, 5) is 26.1. The van der Waals surface area contributed by atoms with Crippen molar-refractivity contribution in [1.29, 1.82) is 0 Å². The lowest BCUT2D eigenvalue weighted by Gasteiger charge is -2.23. The zero-order valence-corrected chi connectivity index (χ0v) is 40.2. The molecule has 354 valence electrons. The molecule has 0 aliphatic rings. The molecule has 0 radical (unpaired) electrons. The van der Waals surface area contributed by atoms with Gasteiger partial charge in [0.1, 0.15) is 6.10 Å². The average molecular weight is 862 g/mol. The van der Waals surface area contributed by atoms with Crippen LogP contribution in [0, 0.1) is 0 Å². The molecule has 0 aliphatic heterocycles. The first-order chi connectivity index (χ1) is 30.5. The van der Waals surface area contributed by atoms with E-state index in [4.69, 9.17) is 4.74 Å². The molecule has 0 heterocycles. The van der Waals surface area contributed by atoms with Crippen LogP contribution in [0.3, 0.4) is 0 Å². The summed E-state index contributed by atoms with van der Waals surface area (Å²) in [6.45, 7) is 6.28. The molecule has 3 atom stereocenters. The number of unbranched alkanes of at least 4 members (excludes halogenated alkanes) is 19. The number of aliphatic hydroxyl groups is 2. The van der Waals surface area contributed by atoms with E-state index in [1.807, 2.05) is 6.08 Å². The molecule has 62 heavy (non-hydrogen) atoms. The fourth-order valence-electron chi connectivity index (χ4n) is 7.06. The number of hydrogen-bond acceptors (Lipinski definition) is 5. The van der Waals surface area contributed by atoms with Crippen molar-refractivity contribution in [3.8, 4) is 0 Å². The second kappa shape index (κ2) is 48.8. The Morgan fingerprint density at radius 2 is 0.935 bits per heavy atom. The van der Waals surface area contributed by atoms with Crippen molar-refractivity contribution in [3.05, 3.63) is 97.2 Å². The molecule has 0 spiro atoms. The molecule has 0 saturated carbocycles. The lowest BCUT2D eigenvalue weighted by molar-refractivity contribution is -0.148. The van der Waals surface area contributed by atoms with E-state index in [0.29, 0.717) is 19.3 Å². The van der Waals surface area contributed by atoms with Crippen molar-refractivity contribution < 1.29 is 24.5 Å². The first kappa shape index (κ1) is 58.8. The summed E-state index contributed by atoms with van der Waals surface area (Å²) >= 11 is 0. The van der Waals surface area contributed by atoms with Gasteiger partial charge >= 0.3 is 5.97 Å². The van der Waals surface area contributed by atoms with Crippen molar-refractivity contribution in [2.24, 2.45) is 0 Å². The van der Waals surface area contributed by atoms with Crippen LogP contribution in [0.4, 0.5) is 0 Å². The van der Waals surface area contributed by atoms with E-state index >= 15 is 0 Å². The normalized spacial score (nSPS) is 14.1. The number of carbonyl (C=O) groups is 2. The zero-order chi connectivity index (χ0) is 45.2. The maximum absolute atomic E-state index is 13.2. The van der Waals surface area contributed by atoms with Crippen molar-refractivity contribution in [2.45, 2.75) is 238 Å². The zero-order valence-electron chi connectivity index (χ0n) is 40.2. The smallest absolute Gasteiger partial charge is 0.306 e. The Morgan fingerprint density at radius 3 is 1.44 bits per heavy atom. The fourth-order valence-corrected chi connectivity index (χ4v) is 7.06. The highest BCUT2D eigenvalue weighted by Gasteiger charge is 2.23. The highest BCUT2D eigenvalue weighted by atomic mass is 16.5. The number of nitrogens with one attached hydrogen (secondary N) is 1. The quantitative estimate of drug-likeness (QED) is 0.0245. The van der Waals surface area contributed by atoms with E-state index in [2.05, 4.69) is 111 Å². The van der Waals surface area contributed by atoms with E-state index in [9.17, 15) is 19.8 Å². The van der Waals surface area contributed by atoms with Gasteiger partial charge in [0.25, 0.3) is 0 Å². The highest BCUT2D eigenvalue weighted by Crippen LogP contribution is 2.15. The van der Waals surface area contributed by atoms with E-state index in [0.717, 1.165) is 83.5 Å². The Balaban J connectivity index is 4.82. The summed E-state index contributed by atoms with van der Waals surface area (Å²) in [5.74, 6) is -0.650. The standard InChI is InChI=1S/C56H95NO5/c1-4-7-10-13-16-19-22-24-26-27-29-30-33-35-38-41-44-47-52(62-56(61)49-46-43-40-37-34-31-28-25-23-20-17-14-11-8-5-2)50-55(60)57-53(51-58)54(59)48-45-42-39-36-32-21-18-15-12-9-6-3/h7,10,16-17,19-20,23-26,29-30,35,38,44,47,52-54,58-59H,4-6,8-9,11-15,18,21-22,27-28,31-34,36-37,39-43,45-46,48-51H2,1-3H3,(H,57,60)/b10-7-,19-16-,20-17+,25-23+,26-24-,30-29-,38-35-,47-44-. The minimum absolute atomic E-state index is 0.0569. The first-order valence-corrected chi connectivity index (χ1v) is 25.5. The molecule has 3 N–H and O–H groups in total. The van der Waals surface area contributed by atoms with Crippen LogP contribution < -0.4 is 5.32 Å². The summed E-state index contributed by atoms with van der Waals surface area (Å²) in [6.07, 6.45) is 64.9. The van der Waals surface area contributed by atoms with E-state index in [1.54, 1.807) is 6.08 Å². The van der Waals surface area contributed by atoms with Crippen LogP contribution in [0.2, 0.25) is 0 Å². The van der Waals surface area contributed by atoms with Gasteiger partial charge in [0.05, 0.1) is 25.2 Å². The number of carbonyl (C=O) groups excluding carboxylic acids is 2. The molecule has 3 unspecified atom stereocenters. The predicted octanol–water partition coefficient (Wildman–Crippen LogP) is 15.3. The molecule has 0 aromatic heterocycles. The van der Waals surface area contributed by atoms with Crippen molar-refractivity contribution in [1.82, 2.24) is 5.32 Å². The second-order valence-corrected chi connectivity index (χ2v) is 16.9. The van der Waals surface area contributed by atoms with Crippen LogP contribution in [0.1, 0.15) is 220 Å². The molecule has 6 heteroatoms. The number of amides is 1. The summed E-state index contributed by atoms with van der Waals surface area (Å²) in [5.41, 5.74) is 0. The number of allylic oxidation sites excluding steroid dienone is 15. The molecule has 6 nitrogen and oxygen atoms in total. The Labute approximate surface area is 382 Å². The Kier molecular flexibility index (Phi) is 46.3. The number of hydrogen-bond donors (Lipinski definition) is 3. The monoisotopic (exact) mass is 862 g/mol. The number of rotatable bonds is 44. The van der Waals surface area contributed by atoms with Gasteiger partial charge in [-0.3, -0.25) is 9.59 Å². The summed E-state index contributed by atoms with van der Waals surface area (Å²) in [5, 5.41) is 23.7. The van der Waals surface area contributed by atoms with Gasteiger partial charge < -0.3 is 20.3 Å². The van der Waals surface area contributed by atoms with Crippen LogP contribution in [-0.4, -0.2) is 46.9 Å². The van der Waals surface area contributed by atoms with Gasteiger partial charge in [-0.15, -0.1) is 0 Å². The molecule has 0 bridgehead atoms. The Hall–Kier alpha value is -3.22. The van der Waals surface area contributed by atoms with Gasteiger partial charge in [0.15, 0.2) is 0 Å². The Morgan fingerprint density at radius 1 is 0.516 bits per heavy atom. The molecule has 0 saturated heterocycles. The molecular weight excluding hydrogens is 767 g/mol. The molecule has 1 amide bonds. The van der Waals surface area contributed by atoms with E-state index in [1.165, 1.54) is 89.9 Å². The van der Waals surface area contributed by atoms with Crippen LogP contribution in [0.5, 0.6) is 0 Å². The Bertz CT molecular complexity index is 1240. The number of aliphatic hydroxyl groups excluding tert-OH is 2. The summed E-state index contributed by atoms with van der Waals surface area (Å²) < 4.78 is 5.82. The maximum atomic E-state index is 13.2. The van der Waals surface area contributed by atoms with Crippen LogP contribution in [0.15, 0.2) is 97.2 Å². The van der Waals surface area contributed by atoms with Gasteiger partial charge in [-0.1, -0.05) is 221 Å². The van der Waals surface area contributed by atoms with Crippen LogP contribution in [0.25, 0.3) is 0 Å². The molecular formula is C56H95NO5. The topological polar surface area (TPSA) is 95.9 Å². The molecule has 0 fully saturated rings. The van der Waals surface area contributed by atoms with Crippen molar-refractivity contribution in [3.63, 3.8) is 0 Å². The van der Waals surface area contributed by atoms with Crippen LogP contribution in [-0.2, 0) is 14.3 Å². The number of ether oxygens (including phenoxy) is 1. The fraction of sp³-hybridized carbons (Fsp3) is 0.679. The maximum Gasteiger partial charge on any atom is 0.306 e. The molecule has 0 aliphatic carbocycles. The first-order valence-electron chi connectivity index (χ1n) is 25.5. The third kappa shape index (κ3) is 43.4. The lowest BCUT2D eigenvalue weighted by atomic mass is 10.0. The highest BCUT2D eigenvalue weighted by molar-refractivity contribution is 5.78. The molecule has 0 rings (SSSR count). The summed E-state index contributed by atoms with van der Waals surface area (Å²) in [6, 6.07) is -0.750. The molecule has 0 aromatic carbocycles. The van der Waals surface area contributed by atoms with Crippen LogP contribution >= 0.6 is 0 Å². The lowest BCUT2D eigenvalue weighted by Crippen LogP contribution is -2.46. The van der Waals surface area contributed by atoms with E-state index < -0.39 is 18.2 Å². The van der Waals surface area contributed by atoms with Gasteiger partial charge in [-0.25, -0.2) is 0 Å². The third-order valence-electron chi connectivity index (χ3n) is 10.9. The summed E-state index contributed by atoms with van der Waals surface area (Å²) in [7, 11) is 0. The van der Waals surface area contributed by atoms with Gasteiger partial charge in [-0.2, -0.15) is 0 Å².